The topological polar surface area (TPSA) is 87.7 Å². The van der Waals surface area contributed by atoms with Crippen molar-refractivity contribution in [3.8, 4) is 5.88 Å². The van der Waals surface area contributed by atoms with E-state index < -0.39 is 0 Å². The molecule has 2 aliphatic rings. The van der Waals surface area contributed by atoms with Gasteiger partial charge in [-0.3, -0.25) is 9.59 Å². The number of nitrogens with one attached hydrogen (secondary N) is 1. The minimum atomic E-state index is -0.303. The van der Waals surface area contributed by atoms with Gasteiger partial charge in [-0.15, -0.1) is 0 Å². The minimum absolute atomic E-state index is 0.187. The van der Waals surface area contributed by atoms with Crippen LogP contribution in [-0.2, 0) is 17.8 Å². The van der Waals surface area contributed by atoms with Gasteiger partial charge in [-0.1, -0.05) is 41.9 Å². The number of anilines is 2. The third-order valence-electron chi connectivity index (χ3n) is 6.46. The molecule has 1 fully saturated rings. The highest BCUT2D eigenvalue weighted by atomic mass is 35.5. The van der Waals surface area contributed by atoms with Crippen molar-refractivity contribution in [1.82, 2.24) is 20.2 Å². The number of amides is 2. The Balaban J connectivity index is 1.31. The number of aromatic nitrogens is 2. The molecule has 2 aliphatic heterocycles. The number of ether oxygens (including phenoxy) is 1. The van der Waals surface area contributed by atoms with E-state index in [9.17, 15) is 9.59 Å². The van der Waals surface area contributed by atoms with E-state index in [2.05, 4.69) is 21.4 Å². The van der Waals surface area contributed by atoms with E-state index in [1.54, 1.807) is 12.1 Å². The average Bonchev–Trinajstić information content (AvgIpc) is 3.52. The molecule has 9 heteroatoms. The normalized spacial score (nSPS) is 14.8. The second-order valence-corrected chi connectivity index (χ2v) is 9.36. The van der Waals surface area contributed by atoms with E-state index in [4.69, 9.17) is 16.3 Å². The van der Waals surface area contributed by atoms with Crippen molar-refractivity contribution >= 4 is 35.1 Å². The van der Waals surface area contributed by atoms with Gasteiger partial charge in [-0.05, 0) is 48.6 Å². The van der Waals surface area contributed by atoms with E-state index in [1.165, 1.54) is 11.8 Å². The standard InChI is InChI=1S/C27H28ClN5O3/c28-21-10-8-19(9-11-21)18-36-26-22(25(35)29-13-4-15-32-14-3-7-24(32)34)17-30-27(31-26)33-16-12-20-5-1-2-6-23(20)33/h1-2,5-6,8-11,17H,3-4,7,12-16,18H2,(H,29,35). The molecule has 0 aliphatic carbocycles. The molecule has 0 radical (unpaired) electrons. The highest BCUT2D eigenvalue weighted by molar-refractivity contribution is 6.30. The van der Waals surface area contributed by atoms with Crippen molar-refractivity contribution in [3.05, 3.63) is 76.4 Å². The first-order valence-electron chi connectivity index (χ1n) is 12.2. The summed E-state index contributed by atoms with van der Waals surface area (Å²) in [6.45, 7) is 2.88. The maximum atomic E-state index is 13.0. The van der Waals surface area contributed by atoms with Crippen molar-refractivity contribution in [2.75, 3.05) is 31.1 Å². The number of halogens is 1. The number of fused-ring (bicyclic) bond motifs is 1. The summed E-state index contributed by atoms with van der Waals surface area (Å²) >= 11 is 6.00. The minimum Gasteiger partial charge on any atom is -0.472 e. The monoisotopic (exact) mass is 505 g/mol. The molecule has 1 saturated heterocycles. The van der Waals surface area contributed by atoms with Crippen molar-refractivity contribution in [2.24, 2.45) is 0 Å². The van der Waals surface area contributed by atoms with Crippen molar-refractivity contribution < 1.29 is 14.3 Å². The Labute approximate surface area is 215 Å². The third kappa shape index (κ3) is 5.44. The lowest BCUT2D eigenvalue weighted by Crippen LogP contribution is -2.31. The molecule has 2 aromatic carbocycles. The molecule has 36 heavy (non-hydrogen) atoms. The fourth-order valence-corrected chi connectivity index (χ4v) is 4.67. The summed E-state index contributed by atoms with van der Waals surface area (Å²) < 4.78 is 6.04. The second-order valence-electron chi connectivity index (χ2n) is 8.93. The highest BCUT2D eigenvalue weighted by Gasteiger charge is 2.25. The molecule has 5 rings (SSSR count). The van der Waals surface area contributed by atoms with Gasteiger partial charge < -0.3 is 19.9 Å². The lowest BCUT2D eigenvalue weighted by molar-refractivity contribution is -0.127. The van der Waals surface area contributed by atoms with Gasteiger partial charge in [0.15, 0.2) is 0 Å². The van der Waals surface area contributed by atoms with Crippen molar-refractivity contribution in [1.29, 1.82) is 0 Å². The number of likely N-dealkylation sites (tertiary alicyclic amines) is 1. The summed E-state index contributed by atoms with van der Waals surface area (Å²) in [7, 11) is 0. The zero-order valence-corrected chi connectivity index (χ0v) is 20.7. The molecule has 1 N–H and O–H groups in total. The van der Waals surface area contributed by atoms with Crippen LogP contribution < -0.4 is 15.0 Å². The summed E-state index contributed by atoms with van der Waals surface area (Å²) in [6, 6.07) is 15.5. The van der Waals surface area contributed by atoms with Gasteiger partial charge in [0.05, 0.1) is 0 Å². The molecule has 186 valence electrons. The number of benzene rings is 2. The van der Waals surface area contributed by atoms with E-state index >= 15 is 0 Å². The van der Waals surface area contributed by atoms with Crippen LogP contribution in [0.4, 0.5) is 11.6 Å². The molecule has 2 amide bonds. The zero-order chi connectivity index (χ0) is 24.9. The van der Waals surface area contributed by atoms with Gasteiger partial charge >= 0.3 is 0 Å². The number of carbonyl (C=O) groups excluding carboxylic acids is 2. The molecule has 0 bridgehead atoms. The number of hydrogen-bond donors (Lipinski definition) is 1. The van der Waals surface area contributed by atoms with Crippen LogP contribution in [0.25, 0.3) is 0 Å². The molecule has 0 atom stereocenters. The molecule has 3 heterocycles. The number of carbonyl (C=O) groups is 2. The van der Waals surface area contributed by atoms with Gasteiger partial charge in [0.25, 0.3) is 5.91 Å². The van der Waals surface area contributed by atoms with Crippen LogP contribution >= 0.6 is 11.6 Å². The Hall–Kier alpha value is -3.65. The Bertz CT molecular complexity index is 1250. The summed E-state index contributed by atoms with van der Waals surface area (Å²) in [6.07, 6.45) is 4.64. The van der Waals surface area contributed by atoms with E-state index in [1.807, 2.05) is 40.1 Å². The van der Waals surface area contributed by atoms with Crippen LogP contribution in [0.3, 0.4) is 0 Å². The number of nitrogens with zero attached hydrogens (tertiary/aromatic N) is 4. The summed E-state index contributed by atoms with van der Waals surface area (Å²) in [4.78, 5) is 37.9. The van der Waals surface area contributed by atoms with Crippen molar-refractivity contribution in [3.63, 3.8) is 0 Å². The molecule has 8 nitrogen and oxygen atoms in total. The van der Waals surface area contributed by atoms with Crippen LogP contribution in [0.1, 0.15) is 40.7 Å². The first kappa shape index (κ1) is 24.1. The Kier molecular flexibility index (Phi) is 7.32. The highest BCUT2D eigenvalue weighted by Crippen LogP contribution is 2.33. The lowest BCUT2D eigenvalue weighted by Gasteiger charge is -2.19. The van der Waals surface area contributed by atoms with E-state index in [0.717, 1.165) is 37.2 Å². The van der Waals surface area contributed by atoms with Crippen LogP contribution in [0, 0.1) is 0 Å². The van der Waals surface area contributed by atoms with E-state index in [0.29, 0.717) is 36.9 Å². The molecular formula is C27H28ClN5O3. The Morgan fingerprint density at radius 1 is 1.08 bits per heavy atom. The Morgan fingerprint density at radius 2 is 1.92 bits per heavy atom. The maximum Gasteiger partial charge on any atom is 0.258 e. The summed E-state index contributed by atoms with van der Waals surface area (Å²) in [5.74, 6) is 0.607. The van der Waals surface area contributed by atoms with Crippen molar-refractivity contribution in [2.45, 2.75) is 32.3 Å². The first-order valence-corrected chi connectivity index (χ1v) is 12.6. The molecular weight excluding hydrogens is 478 g/mol. The van der Waals surface area contributed by atoms with Crippen LogP contribution in [0.5, 0.6) is 5.88 Å². The number of para-hydroxylation sites is 1. The number of rotatable bonds is 9. The fraction of sp³-hybridized carbons (Fsp3) is 0.333. The smallest absolute Gasteiger partial charge is 0.258 e. The molecule has 3 aromatic rings. The van der Waals surface area contributed by atoms with Crippen LogP contribution in [0.2, 0.25) is 5.02 Å². The fourth-order valence-electron chi connectivity index (χ4n) is 4.54. The lowest BCUT2D eigenvalue weighted by atomic mass is 10.2. The summed E-state index contributed by atoms with van der Waals surface area (Å²) in [5.41, 5.74) is 3.49. The van der Waals surface area contributed by atoms with E-state index in [-0.39, 0.29) is 29.9 Å². The van der Waals surface area contributed by atoms with Gasteiger partial charge in [0, 0.05) is 49.5 Å². The Morgan fingerprint density at radius 3 is 2.72 bits per heavy atom. The SMILES string of the molecule is O=C(NCCCN1CCCC1=O)c1cnc(N2CCc3ccccc32)nc1OCc1ccc(Cl)cc1. The maximum absolute atomic E-state index is 13.0. The van der Waals surface area contributed by atoms with Gasteiger partial charge in [-0.25, -0.2) is 4.98 Å². The number of hydrogen-bond acceptors (Lipinski definition) is 6. The largest absolute Gasteiger partial charge is 0.472 e. The second kappa shape index (κ2) is 11.0. The predicted molar refractivity (Wildman–Crippen MR) is 138 cm³/mol. The molecule has 0 unspecified atom stereocenters. The third-order valence-corrected chi connectivity index (χ3v) is 6.72. The van der Waals surface area contributed by atoms with Gasteiger partial charge in [0.1, 0.15) is 12.2 Å². The average molecular weight is 506 g/mol. The first-order chi connectivity index (χ1) is 17.6. The molecule has 0 saturated carbocycles. The van der Waals surface area contributed by atoms with Crippen LogP contribution in [-0.4, -0.2) is 52.9 Å². The summed E-state index contributed by atoms with van der Waals surface area (Å²) in [5, 5.41) is 3.57. The van der Waals surface area contributed by atoms with Gasteiger partial charge in [0.2, 0.25) is 17.7 Å². The quantitative estimate of drug-likeness (QED) is 0.440. The zero-order valence-electron chi connectivity index (χ0n) is 20.0. The van der Waals surface area contributed by atoms with Gasteiger partial charge in [-0.2, -0.15) is 4.98 Å². The van der Waals surface area contributed by atoms with Crippen LogP contribution in [0.15, 0.2) is 54.7 Å². The molecule has 0 spiro atoms. The molecule has 1 aromatic heterocycles. The predicted octanol–water partition coefficient (Wildman–Crippen LogP) is 4.15.